The molecule has 1 aliphatic heterocycles. The molecule has 1 N–H and O–H groups in total. The van der Waals surface area contributed by atoms with E-state index in [1.54, 1.807) is 0 Å². The lowest BCUT2D eigenvalue weighted by molar-refractivity contribution is 0.784. The Bertz CT molecular complexity index is 145. The van der Waals surface area contributed by atoms with Crippen molar-refractivity contribution in [3.63, 3.8) is 0 Å². The van der Waals surface area contributed by atoms with Crippen molar-refractivity contribution in [1.82, 2.24) is 5.32 Å². The van der Waals surface area contributed by atoms with Gasteiger partial charge in [0.05, 0.1) is 0 Å². The standard InChI is InChI=1S/C9H15N/c1-2-3-5-9-6-4-7-10-8-9/h4,6,8,10H,2-3,5,7H2,1H3. The fourth-order valence-electron chi connectivity index (χ4n) is 1.05. The monoisotopic (exact) mass is 137 g/mol. The van der Waals surface area contributed by atoms with Crippen LogP contribution in [0.5, 0.6) is 0 Å². The summed E-state index contributed by atoms with van der Waals surface area (Å²) in [5.41, 5.74) is 1.44. The lowest BCUT2D eigenvalue weighted by atomic mass is 10.1. The highest BCUT2D eigenvalue weighted by Gasteiger charge is 1.94. The number of unbranched alkanes of at least 4 members (excludes halogenated alkanes) is 1. The Hall–Kier alpha value is -0.720. The molecule has 0 radical (unpaired) electrons. The highest BCUT2D eigenvalue weighted by Crippen LogP contribution is 2.09. The molecule has 1 nitrogen and oxygen atoms in total. The summed E-state index contributed by atoms with van der Waals surface area (Å²) in [4.78, 5) is 0. The van der Waals surface area contributed by atoms with Gasteiger partial charge in [-0.15, -0.1) is 0 Å². The van der Waals surface area contributed by atoms with E-state index in [9.17, 15) is 0 Å². The van der Waals surface area contributed by atoms with Crippen molar-refractivity contribution >= 4 is 0 Å². The zero-order valence-corrected chi connectivity index (χ0v) is 6.56. The van der Waals surface area contributed by atoms with Crippen LogP contribution in [-0.4, -0.2) is 6.54 Å². The van der Waals surface area contributed by atoms with Crippen LogP contribution in [0.15, 0.2) is 23.9 Å². The van der Waals surface area contributed by atoms with Crippen LogP contribution in [0, 0.1) is 0 Å². The van der Waals surface area contributed by atoms with Crippen LogP contribution in [0.25, 0.3) is 0 Å². The first kappa shape index (κ1) is 7.39. The van der Waals surface area contributed by atoms with Crippen LogP contribution in [0.1, 0.15) is 26.2 Å². The van der Waals surface area contributed by atoms with Crippen molar-refractivity contribution in [1.29, 1.82) is 0 Å². The van der Waals surface area contributed by atoms with Crippen molar-refractivity contribution in [2.24, 2.45) is 0 Å². The highest BCUT2D eigenvalue weighted by molar-refractivity contribution is 5.21. The van der Waals surface area contributed by atoms with Crippen molar-refractivity contribution in [3.05, 3.63) is 23.9 Å². The van der Waals surface area contributed by atoms with E-state index in [4.69, 9.17) is 0 Å². The van der Waals surface area contributed by atoms with Crippen molar-refractivity contribution in [3.8, 4) is 0 Å². The maximum atomic E-state index is 3.19. The van der Waals surface area contributed by atoms with Gasteiger partial charge in [-0.25, -0.2) is 0 Å². The molecular formula is C9H15N. The molecule has 1 heterocycles. The van der Waals surface area contributed by atoms with E-state index >= 15 is 0 Å². The number of nitrogens with one attached hydrogen (secondary N) is 1. The second-order valence-corrected chi connectivity index (χ2v) is 2.63. The van der Waals surface area contributed by atoms with Crippen molar-refractivity contribution in [2.45, 2.75) is 26.2 Å². The van der Waals surface area contributed by atoms with Gasteiger partial charge in [0.25, 0.3) is 0 Å². The second-order valence-electron chi connectivity index (χ2n) is 2.63. The van der Waals surface area contributed by atoms with E-state index in [0.717, 1.165) is 6.54 Å². The molecule has 0 aliphatic carbocycles. The Balaban J connectivity index is 2.26. The number of hydrogen-bond acceptors (Lipinski definition) is 1. The molecule has 0 amide bonds. The molecule has 56 valence electrons. The largest absolute Gasteiger partial charge is 0.387 e. The first-order valence-corrected chi connectivity index (χ1v) is 4.02. The summed E-state index contributed by atoms with van der Waals surface area (Å²) in [6, 6.07) is 0. The molecule has 0 aromatic heterocycles. The Kier molecular flexibility index (Phi) is 3.07. The van der Waals surface area contributed by atoms with Gasteiger partial charge in [0.2, 0.25) is 0 Å². The summed E-state index contributed by atoms with van der Waals surface area (Å²) in [6.07, 6.45) is 10.3. The van der Waals surface area contributed by atoms with Gasteiger partial charge < -0.3 is 5.32 Å². The number of dihydropyridines is 1. The smallest absolute Gasteiger partial charge is 0.0328 e. The molecule has 0 unspecified atom stereocenters. The van der Waals surface area contributed by atoms with Gasteiger partial charge in [0, 0.05) is 6.54 Å². The molecule has 0 bridgehead atoms. The minimum atomic E-state index is 0.996. The number of allylic oxidation sites excluding steroid dienone is 2. The van der Waals surface area contributed by atoms with E-state index in [2.05, 4.69) is 30.6 Å². The quantitative estimate of drug-likeness (QED) is 0.629. The zero-order valence-electron chi connectivity index (χ0n) is 6.56. The Morgan fingerprint density at radius 1 is 1.60 bits per heavy atom. The topological polar surface area (TPSA) is 12.0 Å². The lowest BCUT2D eigenvalue weighted by Crippen LogP contribution is -2.08. The van der Waals surface area contributed by atoms with E-state index < -0.39 is 0 Å². The SMILES string of the molecule is CCCCC1=CNCC=C1. The molecule has 0 saturated carbocycles. The normalized spacial score (nSPS) is 16.3. The molecule has 0 aromatic carbocycles. The van der Waals surface area contributed by atoms with Gasteiger partial charge in [-0.3, -0.25) is 0 Å². The van der Waals surface area contributed by atoms with E-state index in [-0.39, 0.29) is 0 Å². The maximum absolute atomic E-state index is 3.19. The summed E-state index contributed by atoms with van der Waals surface area (Å²) in [5.74, 6) is 0. The lowest BCUT2D eigenvalue weighted by Gasteiger charge is -2.06. The first-order valence-electron chi connectivity index (χ1n) is 4.02. The molecule has 10 heavy (non-hydrogen) atoms. The third kappa shape index (κ3) is 2.26. The molecule has 1 heteroatoms. The van der Waals surface area contributed by atoms with Gasteiger partial charge in [-0.1, -0.05) is 25.5 Å². The van der Waals surface area contributed by atoms with Crippen LogP contribution < -0.4 is 5.32 Å². The Morgan fingerprint density at radius 2 is 2.50 bits per heavy atom. The Morgan fingerprint density at radius 3 is 3.10 bits per heavy atom. The minimum Gasteiger partial charge on any atom is -0.387 e. The van der Waals surface area contributed by atoms with Crippen LogP contribution in [0.4, 0.5) is 0 Å². The average molecular weight is 137 g/mol. The molecule has 1 aliphatic rings. The van der Waals surface area contributed by atoms with E-state index in [1.807, 2.05) is 0 Å². The maximum Gasteiger partial charge on any atom is 0.0328 e. The van der Waals surface area contributed by atoms with Crippen molar-refractivity contribution in [2.75, 3.05) is 6.54 Å². The predicted octanol–water partition coefficient (Wildman–Crippen LogP) is 2.22. The molecule has 1 rings (SSSR count). The highest BCUT2D eigenvalue weighted by atomic mass is 14.8. The summed E-state index contributed by atoms with van der Waals surface area (Å²) >= 11 is 0. The summed E-state index contributed by atoms with van der Waals surface area (Å²) in [5, 5.41) is 3.19. The predicted molar refractivity (Wildman–Crippen MR) is 44.8 cm³/mol. The molecule has 0 spiro atoms. The fourth-order valence-corrected chi connectivity index (χ4v) is 1.05. The molecule has 0 fully saturated rings. The van der Waals surface area contributed by atoms with Crippen LogP contribution in [0.2, 0.25) is 0 Å². The number of hydrogen-bond donors (Lipinski definition) is 1. The van der Waals surface area contributed by atoms with Crippen LogP contribution in [0.3, 0.4) is 0 Å². The first-order chi connectivity index (χ1) is 4.93. The molecular weight excluding hydrogens is 122 g/mol. The molecule has 0 aromatic rings. The molecule has 0 atom stereocenters. The summed E-state index contributed by atoms with van der Waals surface area (Å²) in [6.45, 7) is 3.22. The second kappa shape index (κ2) is 4.15. The molecule has 0 saturated heterocycles. The van der Waals surface area contributed by atoms with Gasteiger partial charge in [-0.05, 0) is 24.6 Å². The van der Waals surface area contributed by atoms with Gasteiger partial charge in [0.15, 0.2) is 0 Å². The van der Waals surface area contributed by atoms with E-state index in [1.165, 1.54) is 24.8 Å². The third-order valence-corrected chi connectivity index (χ3v) is 1.67. The van der Waals surface area contributed by atoms with Crippen LogP contribution in [-0.2, 0) is 0 Å². The summed E-state index contributed by atoms with van der Waals surface area (Å²) < 4.78 is 0. The zero-order chi connectivity index (χ0) is 7.23. The summed E-state index contributed by atoms with van der Waals surface area (Å²) in [7, 11) is 0. The van der Waals surface area contributed by atoms with Gasteiger partial charge >= 0.3 is 0 Å². The average Bonchev–Trinajstić information content (AvgIpc) is 2.03. The number of rotatable bonds is 3. The minimum absolute atomic E-state index is 0.996. The fraction of sp³-hybridized carbons (Fsp3) is 0.556. The van der Waals surface area contributed by atoms with Crippen molar-refractivity contribution < 1.29 is 0 Å². The third-order valence-electron chi connectivity index (χ3n) is 1.67. The van der Waals surface area contributed by atoms with Crippen LogP contribution >= 0.6 is 0 Å². The van der Waals surface area contributed by atoms with Gasteiger partial charge in [-0.2, -0.15) is 0 Å². The van der Waals surface area contributed by atoms with Gasteiger partial charge in [0.1, 0.15) is 0 Å². The van der Waals surface area contributed by atoms with E-state index in [0.29, 0.717) is 0 Å². The Labute approximate surface area is 62.8 Å².